The summed E-state index contributed by atoms with van der Waals surface area (Å²) in [6.07, 6.45) is -0.764. The second-order valence-corrected chi connectivity index (χ2v) is 9.11. The molecule has 0 fully saturated rings. The van der Waals surface area contributed by atoms with Gasteiger partial charge < -0.3 is 14.8 Å². The summed E-state index contributed by atoms with van der Waals surface area (Å²) in [5.74, 6) is 0.838. The number of aryl methyl sites for hydroxylation is 1. The van der Waals surface area contributed by atoms with E-state index in [0.29, 0.717) is 27.9 Å². The number of hydrogen-bond acceptors (Lipinski definition) is 5. The number of methoxy groups -OCH3 is 1. The predicted octanol–water partition coefficient (Wildman–Crippen LogP) is 4.86. The van der Waals surface area contributed by atoms with Crippen LogP contribution in [0.25, 0.3) is 0 Å². The molecule has 0 unspecified atom stereocenters. The zero-order valence-electron chi connectivity index (χ0n) is 17.8. The quantitative estimate of drug-likeness (QED) is 0.486. The summed E-state index contributed by atoms with van der Waals surface area (Å²) in [5, 5.41) is 3.17. The molecule has 0 saturated carbocycles. The molecule has 32 heavy (non-hydrogen) atoms. The van der Waals surface area contributed by atoms with Gasteiger partial charge in [-0.25, -0.2) is 8.42 Å². The van der Waals surface area contributed by atoms with Crippen LogP contribution < -0.4 is 19.5 Å². The first kappa shape index (κ1) is 23.4. The zero-order valence-corrected chi connectivity index (χ0v) is 19.3. The molecule has 0 heterocycles. The lowest BCUT2D eigenvalue weighted by atomic mass is 10.2. The third kappa shape index (κ3) is 5.93. The highest BCUT2D eigenvalue weighted by Crippen LogP contribution is 2.23. The molecule has 0 radical (unpaired) electrons. The molecule has 0 aromatic heterocycles. The van der Waals surface area contributed by atoms with Crippen molar-refractivity contribution in [3.8, 4) is 11.5 Å². The average molecular weight is 475 g/mol. The first-order chi connectivity index (χ1) is 15.2. The first-order valence-electron chi connectivity index (χ1n) is 9.68. The van der Waals surface area contributed by atoms with Crippen LogP contribution in [-0.2, 0) is 14.8 Å². The third-order valence-electron chi connectivity index (χ3n) is 4.60. The lowest BCUT2D eigenvalue weighted by Crippen LogP contribution is -2.30. The van der Waals surface area contributed by atoms with Crippen LogP contribution in [0.4, 0.5) is 11.4 Å². The number of amides is 1. The number of benzene rings is 3. The summed E-state index contributed by atoms with van der Waals surface area (Å²) >= 11 is 6.06. The van der Waals surface area contributed by atoms with Crippen molar-refractivity contribution >= 4 is 38.9 Å². The second kappa shape index (κ2) is 9.93. The molecule has 2 N–H and O–H groups in total. The van der Waals surface area contributed by atoms with Gasteiger partial charge in [0.15, 0.2) is 6.10 Å². The lowest BCUT2D eigenvalue weighted by molar-refractivity contribution is -0.122. The number of hydrogen-bond donors (Lipinski definition) is 2. The highest BCUT2D eigenvalue weighted by atomic mass is 35.5. The van der Waals surface area contributed by atoms with Crippen molar-refractivity contribution in [1.82, 2.24) is 0 Å². The van der Waals surface area contributed by atoms with Gasteiger partial charge in [-0.15, -0.1) is 0 Å². The molecule has 168 valence electrons. The fraction of sp³-hybridized carbons (Fsp3) is 0.174. The Morgan fingerprint density at radius 3 is 2.12 bits per heavy atom. The summed E-state index contributed by atoms with van der Waals surface area (Å²) in [5.41, 5.74) is 1.65. The molecular weight excluding hydrogens is 452 g/mol. The topological polar surface area (TPSA) is 93.7 Å². The SMILES string of the molecule is COc1ccc(O[C@H](C)C(=O)Nc2ccc(S(=O)(=O)Nc3ccc(C)c(Cl)c3)cc2)cc1. The van der Waals surface area contributed by atoms with E-state index in [1.165, 1.54) is 24.3 Å². The molecule has 0 aliphatic heterocycles. The lowest BCUT2D eigenvalue weighted by Gasteiger charge is -2.15. The van der Waals surface area contributed by atoms with E-state index in [9.17, 15) is 13.2 Å². The molecule has 0 aliphatic rings. The van der Waals surface area contributed by atoms with Crippen molar-refractivity contribution in [2.45, 2.75) is 24.8 Å². The number of carbonyl (C=O) groups is 1. The highest BCUT2D eigenvalue weighted by Gasteiger charge is 2.17. The minimum atomic E-state index is -3.81. The standard InChI is InChI=1S/C23H23ClN2O5S/c1-15-4-5-18(14-22(15)24)26-32(28,29)21-12-6-17(7-13-21)25-23(27)16(2)31-20-10-8-19(30-3)9-11-20/h4-14,16,26H,1-3H3,(H,25,27)/t16-/m1/s1. The Bertz CT molecular complexity index is 1200. The molecular formula is C23H23ClN2O5S. The van der Waals surface area contributed by atoms with Crippen LogP contribution in [0.5, 0.6) is 11.5 Å². The smallest absolute Gasteiger partial charge is 0.265 e. The molecule has 3 aromatic rings. The maximum atomic E-state index is 12.6. The molecule has 3 aromatic carbocycles. The Hall–Kier alpha value is -3.23. The van der Waals surface area contributed by atoms with Gasteiger partial charge in [0.1, 0.15) is 11.5 Å². The fourth-order valence-electron chi connectivity index (χ4n) is 2.74. The maximum Gasteiger partial charge on any atom is 0.265 e. The van der Waals surface area contributed by atoms with Gasteiger partial charge in [-0.1, -0.05) is 17.7 Å². The maximum absolute atomic E-state index is 12.6. The van der Waals surface area contributed by atoms with Crippen molar-refractivity contribution < 1.29 is 22.7 Å². The number of rotatable bonds is 8. The molecule has 7 nitrogen and oxygen atoms in total. The number of carbonyl (C=O) groups excluding carboxylic acids is 1. The van der Waals surface area contributed by atoms with Crippen LogP contribution in [0.2, 0.25) is 5.02 Å². The Labute approximate surface area is 192 Å². The minimum Gasteiger partial charge on any atom is -0.497 e. The van der Waals surface area contributed by atoms with Gasteiger partial charge in [-0.3, -0.25) is 9.52 Å². The molecule has 0 bridgehead atoms. The summed E-state index contributed by atoms with van der Waals surface area (Å²) in [4.78, 5) is 12.5. The van der Waals surface area contributed by atoms with E-state index in [1.54, 1.807) is 56.5 Å². The molecule has 1 amide bonds. The van der Waals surface area contributed by atoms with E-state index in [2.05, 4.69) is 10.0 Å². The minimum absolute atomic E-state index is 0.0507. The van der Waals surface area contributed by atoms with Crippen LogP contribution in [0.1, 0.15) is 12.5 Å². The number of halogens is 1. The third-order valence-corrected chi connectivity index (χ3v) is 6.40. The molecule has 0 spiro atoms. The van der Waals surface area contributed by atoms with E-state index in [4.69, 9.17) is 21.1 Å². The predicted molar refractivity (Wildman–Crippen MR) is 125 cm³/mol. The molecule has 0 saturated heterocycles. The van der Waals surface area contributed by atoms with Crippen LogP contribution in [0.15, 0.2) is 71.6 Å². The van der Waals surface area contributed by atoms with Crippen molar-refractivity contribution in [1.29, 1.82) is 0 Å². The summed E-state index contributed by atoms with van der Waals surface area (Å²) in [6, 6.07) is 17.6. The monoisotopic (exact) mass is 474 g/mol. The van der Waals surface area contributed by atoms with Crippen molar-refractivity contribution in [3.05, 3.63) is 77.3 Å². The molecule has 3 rings (SSSR count). The number of ether oxygens (including phenoxy) is 2. The summed E-state index contributed by atoms with van der Waals surface area (Å²) < 4.78 is 38.4. The largest absolute Gasteiger partial charge is 0.497 e. The van der Waals surface area contributed by atoms with Crippen molar-refractivity contribution in [2.24, 2.45) is 0 Å². The van der Waals surface area contributed by atoms with Crippen molar-refractivity contribution in [3.63, 3.8) is 0 Å². The van der Waals surface area contributed by atoms with Crippen molar-refractivity contribution in [2.75, 3.05) is 17.1 Å². The van der Waals surface area contributed by atoms with Crippen LogP contribution in [0.3, 0.4) is 0 Å². The van der Waals surface area contributed by atoms with Gasteiger partial charge in [-0.05, 0) is 80.1 Å². The number of sulfonamides is 1. The van der Waals surface area contributed by atoms with Gasteiger partial charge in [0.05, 0.1) is 17.7 Å². The Balaban J connectivity index is 1.62. The zero-order chi connectivity index (χ0) is 23.3. The Morgan fingerprint density at radius 2 is 1.53 bits per heavy atom. The van der Waals surface area contributed by atoms with E-state index in [-0.39, 0.29) is 10.8 Å². The Morgan fingerprint density at radius 1 is 0.938 bits per heavy atom. The van der Waals surface area contributed by atoms with Crippen LogP contribution in [-0.4, -0.2) is 27.5 Å². The Kier molecular flexibility index (Phi) is 7.27. The first-order valence-corrected chi connectivity index (χ1v) is 11.5. The van der Waals surface area contributed by atoms with E-state index >= 15 is 0 Å². The van der Waals surface area contributed by atoms with E-state index < -0.39 is 16.1 Å². The number of anilines is 2. The molecule has 1 atom stereocenters. The summed E-state index contributed by atoms with van der Waals surface area (Å²) in [6.45, 7) is 3.45. The fourth-order valence-corrected chi connectivity index (χ4v) is 3.97. The van der Waals surface area contributed by atoms with E-state index in [0.717, 1.165) is 5.56 Å². The van der Waals surface area contributed by atoms with Gasteiger partial charge in [0.2, 0.25) is 0 Å². The summed E-state index contributed by atoms with van der Waals surface area (Å²) in [7, 11) is -2.24. The normalized spacial score (nSPS) is 12.0. The van der Waals surface area contributed by atoms with Crippen LogP contribution >= 0.6 is 11.6 Å². The van der Waals surface area contributed by atoms with Crippen LogP contribution in [0, 0.1) is 6.92 Å². The van der Waals surface area contributed by atoms with Gasteiger partial charge >= 0.3 is 0 Å². The van der Waals surface area contributed by atoms with Gasteiger partial charge in [-0.2, -0.15) is 0 Å². The second-order valence-electron chi connectivity index (χ2n) is 7.02. The van der Waals surface area contributed by atoms with Gasteiger partial charge in [0, 0.05) is 10.7 Å². The molecule has 0 aliphatic carbocycles. The van der Waals surface area contributed by atoms with E-state index in [1.807, 2.05) is 6.92 Å². The van der Waals surface area contributed by atoms with Gasteiger partial charge in [0.25, 0.3) is 15.9 Å². The number of nitrogens with one attached hydrogen (secondary N) is 2. The highest BCUT2D eigenvalue weighted by molar-refractivity contribution is 7.92. The average Bonchev–Trinajstić information content (AvgIpc) is 2.77. The molecule has 9 heteroatoms.